The van der Waals surface area contributed by atoms with Crippen molar-refractivity contribution < 1.29 is 41.0 Å². The summed E-state index contributed by atoms with van der Waals surface area (Å²) in [6, 6.07) is 4.32. The van der Waals surface area contributed by atoms with E-state index in [4.69, 9.17) is 0 Å². The molecule has 0 bridgehead atoms. The van der Waals surface area contributed by atoms with Gasteiger partial charge in [-0.3, -0.25) is 0 Å². The summed E-state index contributed by atoms with van der Waals surface area (Å²) in [5, 5.41) is 9.20. The Balaban J connectivity index is 2.93. The molecule has 1 aromatic carbocycles. The number of alkyl halides is 6. The number of carbonyl (C=O) groups is 1. The minimum Gasteiger partial charge on any atom is -0.439 e. The predicted octanol–water partition coefficient (Wildman–Crippen LogP) is 3.39. The van der Waals surface area contributed by atoms with Gasteiger partial charge in [0.1, 0.15) is 0 Å². The van der Waals surface area contributed by atoms with Gasteiger partial charge in [-0.15, -0.1) is 0 Å². The van der Waals surface area contributed by atoms with Crippen LogP contribution < -0.4 is 0 Å². The summed E-state index contributed by atoms with van der Waals surface area (Å²) in [5.74, 6) is -1.76. The van der Waals surface area contributed by atoms with Crippen LogP contribution in [0.2, 0.25) is 0 Å². The fraction of sp³-hybridized carbons (Fsp3) is 0.417. The van der Waals surface area contributed by atoms with E-state index in [-0.39, 0.29) is 0 Å². The van der Waals surface area contributed by atoms with Gasteiger partial charge in [0.2, 0.25) is 0 Å². The lowest BCUT2D eigenvalue weighted by atomic mass is 10.1. The van der Waals surface area contributed by atoms with E-state index < -0.39 is 36.1 Å². The topological polar surface area (TPSA) is 46.5 Å². The lowest BCUT2D eigenvalue weighted by Crippen LogP contribution is -2.45. The Labute approximate surface area is 115 Å². The average Bonchev–Trinajstić information content (AvgIpc) is 2.33. The van der Waals surface area contributed by atoms with E-state index in [9.17, 15) is 36.2 Å². The summed E-state index contributed by atoms with van der Waals surface area (Å²) in [7, 11) is 0. The molecule has 1 rings (SSSR count). The van der Waals surface area contributed by atoms with Crippen molar-refractivity contribution >= 4 is 5.97 Å². The molecular weight excluding hydrogens is 306 g/mol. The Kier molecular flexibility index (Phi) is 4.87. The normalized spacial score (nSPS) is 14.1. The molecule has 1 aromatic rings. The first-order valence-corrected chi connectivity index (χ1v) is 5.55. The van der Waals surface area contributed by atoms with E-state index in [0.29, 0.717) is 5.56 Å². The maximum atomic E-state index is 12.2. The number of esters is 1. The lowest BCUT2D eigenvalue weighted by Gasteiger charge is -2.22. The molecule has 0 saturated heterocycles. The third kappa shape index (κ3) is 4.62. The van der Waals surface area contributed by atoms with Crippen molar-refractivity contribution in [3.8, 4) is 0 Å². The highest BCUT2D eigenvalue weighted by molar-refractivity contribution is 5.89. The molecule has 1 atom stereocenters. The Bertz CT molecular complexity index is 475. The summed E-state index contributed by atoms with van der Waals surface area (Å²) >= 11 is 0. The summed E-state index contributed by atoms with van der Waals surface area (Å²) in [4.78, 5) is 11.3. The molecule has 0 heterocycles. The highest BCUT2D eigenvalue weighted by atomic mass is 19.4. The smallest absolute Gasteiger partial charge is 0.434 e. The molecule has 0 aliphatic heterocycles. The van der Waals surface area contributed by atoms with Crippen LogP contribution in [0.15, 0.2) is 24.3 Å². The Morgan fingerprint density at radius 2 is 1.48 bits per heavy atom. The second kappa shape index (κ2) is 5.92. The first kappa shape index (κ1) is 17.3. The molecule has 1 unspecified atom stereocenters. The monoisotopic (exact) mass is 316 g/mol. The van der Waals surface area contributed by atoms with Crippen LogP contribution in [0.5, 0.6) is 0 Å². The highest BCUT2D eigenvalue weighted by Gasteiger charge is 2.59. The number of ether oxygens (including phenoxy) is 1. The zero-order chi connectivity index (χ0) is 16.4. The fourth-order valence-electron chi connectivity index (χ4n) is 1.39. The zero-order valence-electron chi connectivity index (χ0n) is 10.5. The second-order valence-electron chi connectivity index (χ2n) is 4.17. The van der Waals surface area contributed by atoms with Gasteiger partial charge in [0.25, 0.3) is 6.10 Å². The van der Waals surface area contributed by atoms with Crippen LogP contribution in [0.4, 0.5) is 26.3 Å². The number of aliphatic hydroxyl groups is 1. The van der Waals surface area contributed by atoms with Gasteiger partial charge in [0, 0.05) is 0 Å². The van der Waals surface area contributed by atoms with Gasteiger partial charge < -0.3 is 9.84 Å². The summed E-state index contributed by atoms with van der Waals surface area (Å²) in [6.45, 7) is 1.40. The molecule has 0 spiro atoms. The average molecular weight is 316 g/mol. The predicted molar refractivity (Wildman–Crippen MR) is 58.4 cm³/mol. The van der Waals surface area contributed by atoms with Gasteiger partial charge in [0.05, 0.1) is 11.7 Å². The second-order valence-corrected chi connectivity index (χ2v) is 4.17. The first-order chi connectivity index (χ1) is 9.43. The molecule has 21 heavy (non-hydrogen) atoms. The van der Waals surface area contributed by atoms with E-state index in [1.165, 1.54) is 19.1 Å². The number of carbonyl (C=O) groups excluding carboxylic acids is 1. The maximum absolute atomic E-state index is 12.2. The molecule has 9 heteroatoms. The number of benzene rings is 1. The van der Waals surface area contributed by atoms with Crippen molar-refractivity contribution in [3.63, 3.8) is 0 Å². The standard InChI is InChI=1S/C12H10F6O3/c1-6(19)7-2-4-8(5-3-7)9(20)21-10(11(13,14)15)12(16,17)18/h2-6,10,19H,1H3. The van der Waals surface area contributed by atoms with Crippen molar-refractivity contribution in [2.45, 2.75) is 31.5 Å². The largest absolute Gasteiger partial charge is 0.439 e. The lowest BCUT2D eigenvalue weighted by molar-refractivity contribution is -0.307. The van der Waals surface area contributed by atoms with Crippen molar-refractivity contribution in [2.75, 3.05) is 0 Å². The molecule has 1 N–H and O–H groups in total. The van der Waals surface area contributed by atoms with Gasteiger partial charge in [-0.2, -0.15) is 26.3 Å². The fourth-order valence-corrected chi connectivity index (χ4v) is 1.39. The Hall–Kier alpha value is -1.77. The Morgan fingerprint density at radius 3 is 1.81 bits per heavy atom. The van der Waals surface area contributed by atoms with Gasteiger partial charge in [-0.25, -0.2) is 4.79 Å². The van der Waals surface area contributed by atoms with Crippen molar-refractivity contribution in [1.29, 1.82) is 0 Å². The molecule has 0 aliphatic carbocycles. The third-order valence-corrected chi connectivity index (χ3v) is 2.45. The van der Waals surface area contributed by atoms with Gasteiger partial charge in [-0.1, -0.05) is 12.1 Å². The molecule has 0 radical (unpaired) electrons. The van der Waals surface area contributed by atoms with E-state index in [1.54, 1.807) is 0 Å². The Morgan fingerprint density at radius 1 is 1.05 bits per heavy atom. The molecule has 0 amide bonds. The molecule has 0 aromatic heterocycles. The molecule has 0 aliphatic rings. The molecule has 3 nitrogen and oxygen atoms in total. The van der Waals surface area contributed by atoms with E-state index in [2.05, 4.69) is 4.74 Å². The number of halogens is 6. The van der Waals surface area contributed by atoms with Crippen LogP contribution in [0.3, 0.4) is 0 Å². The van der Waals surface area contributed by atoms with Crippen LogP contribution in [-0.4, -0.2) is 29.5 Å². The van der Waals surface area contributed by atoms with Crippen LogP contribution in [0.1, 0.15) is 28.9 Å². The van der Waals surface area contributed by atoms with Gasteiger partial charge in [0.15, 0.2) is 0 Å². The molecule has 0 saturated carbocycles. The van der Waals surface area contributed by atoms with E-state index >= 15 is 0 Å². The van der Waals surface area contributed by atoms with Gasteiger partial charge >= 0.3 is 18.3 Å². The summed E-state index contributed by atoms with van der Waals surface area (Å²) < 4.78 is 76.9. The maximum Gasteiger partial charge on any atom is 0.434 e. The summed E-state index contributed by atoms with van der Waals surface area (Å²) in [5.41, 5.74) is -0.146. The van der Waals surface area contributed by atoms with Crippen LogP contribution >= 0.6 is 0 Å². The van der Waals surface area contributed by atoms with Crippen molar-refractivity contribution in [3.05, 3.63) is 35.4 Å². The molecule has 0 fully saturated rings. The van der Waals surface area contributed by atoms with Crippen LogP contribution in [0, 0.1) is 0 Å². The summed E-state index contributed by atoms with van der Waals surface area (Å²) in [6.07, 6.45) is -16.6. The van der Waals surface area contributed by atoms with Crippen molar-refractivity contribution in [1.82, 2.24) is 0 Å². The van der Waals surface area contributed by atoms with E-state index in [1.807, 2.05) is 0 Å². The van der Waals surface area contributed by atoms with Gasteiger partial charge in [-0.05, 0) is 24.6 Å². The number of rotatable bonds is 3. The third-order valence-electron chi connectivity index (χ3n) is 2.45. The minimum atomic E-state index is -5.76. The SMILES string of the molecule is CC(O)c1ccc(C(=O)OC(C(F)(F)F)C(F)(F)F)cc1. The number of hydrogen-bond donors (Lipinski definition) is 1. The molecule has 118 valence electrons. The van der Waals surface area contributed by atoms with E-state index in [0.717, 1.165) is 12.1 Å². The van der Waals surface area contributed by atoms with Crippen molar-refractivity contribution in [2.24, 2.45) is 0 Å². The number of aliphatic hydroxyl groups excluding tert-OH is 1. The highest BCUT2D eigenvalue weighted by Crippen LogP contribution is 2.36. The zero-order valence-corrected chi connectivity index (χ0v) is 10.5. The quantitative estimate of drug-likeness (QED) is 0.687. The van der Waals surface area contributed by atoms with Crippen LogP contribution in [-0.2, 0) is 4.74 Å². The molecular formula is C12H10F6O3. The first-order valence-electron chi connectivity index (χ1n) is 5.55. The number of hydrogen-bond acceptors (Lipinski definition) is 3. The minimum absolute atomic E-state index is 0.342. The van der Waals surface area contributed by atoms with Crippen LogP contribution in [0.25, 0.3) is 0 Å².